The lowest BCUT2D eigenvalue weighted by molar-refractivity contribution is -0.384. The summed E-state index contributed by atoms with van der Waals surface area (Å²) in [6.45, 7) is 3.79. The topological polar surface area (TPSA) is 103 Å². The van der Waals surface area contributed by atoms with E-state index < -0.39 is 10.2 Å². The molecule has 0 radical (unpaired) electrons. The van der Waals surface area contributed by atoms with Gasteiger partial charge in [0.25, 0.3) is 5.69 Å². The number of rotatable bonds is 6. The number of hydrogen-bond donors (Lipinski definition) is 1. The molecule has 0 aliphatic heterocycles. The highest BCUT2D eigenvalue weighted by Gasteiger charge is 2.19. The second-order valence-corrected chi connectivity index (χ2v) is 7.59. The molecule has 28 heavy (non-hydrogen) atoms. The number of hydrogen-bond acceptors (Lipinski definition) is 6. The molecule has 0 fully saturated rings. The van der Waals surface area contributed by atoms with Crippen LogP contribution in [0.5, 0.6) is 0 Å². The summed E-state index contributed by atoms with van der Waals surface area (Å²) in [6, 6.07) is 13.7. The van der Waals surface area contributed by atoms with Crippen LogP contribution in [-0.4, -0.2) is 30.8 Å². The third-order valence-electron chi connectivity index (χ3n) is 4.14. The maximum absolute atomic E-state index is 12.4. The predicted molar refractivity (Wildman–Crippen MR) is 108 cm³/mol. The molecular weight excluding hydrogens is 378 g/mol. The van der Waals surface area contributed by atoms with Crippen molar-refractivity contribution in [1.82, 2.24) is 14.8 Å². The Kier molecular flexibility index (Phi) is 5.74. The second-order valence-electron chi connectivity index (χ2n) is 6.28. The highest BCUT2D eigenvalue weighted by Crippen LogP contribution is 2.26. The fraction of sp³-hybridized carbons (Fsp3) is 0.211. The minimum absolute atomic E-state index is 0.0249. The van der Waals surface area contributed by atoms with E-state index in [1.807, 2.05) is 42.8 Å². The fourth-order valence-electron chi connectivity index (χ4n) is 2.49. The van der Waals surface area contributed by atoms with Gasteiger partial charge in [0, 0.05) is 30.4 Å². The fourth-order valence-corrected chi connectivity index (χ4v) is 3.31. The maximum atomic E-state index is 12.4. The van der Waals surface area contributed by atoms with Crippen molar-refractivity contribution in [2.45, 2.75) is 24.3 Å². The molecule has 1 amide bonds. The van der Waals surface area contributed by atoms with Crippen molar-refractivity contribution >= 4 is 29.0 Å². The molecular formula is C19H19N5O3S. The monoisotopic (exact) mass is 397 g/mol. The van der Waals surface area contributed by atoms with Gasteiger partial charge in [-0.15, -0.1) is 10.2 Å². The number of nitrogens with zero attached hydrogens (tertiary/aromatic N) is 4. The summed E-state index contributed by atoms with van der Waals surface area (Å²) in [4.78, 5) is 22.7. The first-order valence-corrected chi connectivity index (χ1v) is 9.41. The number of carbonyl (C=O) groups is 1. The van der Waals surface area contributed by atoms with Gasteiger partial charge >= 0.3 is 0 Å². The van der Waals surface area contributed by atoms with Crippen molar-refractivity contribution < 1.29 is 9.72 Å². The van der Waals surface area contributed by atoms with E-state index in [9.17, 15) is 14.9 Å². The van der Waals surface area contributed by atoms with Gasteiger partial charge in [0.05, 0.1) is 10.2 Å². The lowest BCUT2D eigenvalue weighted by Gasteiger charge is -2.11. The SMILES string of the molecule is Cc1ccc(-c2nnc(SC(C)C(=O)Nc3ccc([N+](=O)[O-])cc3)n2C)cc1. The first-order valence-electron chi connectivity index (χ1n) is 8.53. The van der Waals surface area contributed by atoms with E-state index in [2.05, 4.69) is 15.5 Å². The van der Waals surface area contributed by atoms with Crippen LogP contribution >= 0.6 is 11.8 Å². The van der Waals surface area contributed by atoms with E-state index in [-0.39, 0.29) is 11.6 Å². The number of aryl methyl sites for hydroxylation is 1. The molecule has 1 N–H and O–H groups in total. The molecule has 0 aliphatic rings. The Hall–Kier alpha value is -3.20. The number of anilines is 1. The molecule has 144 valence electrons. The Morgan fingerprint density at radius 1 is 1.14 bits per heavy atom. The molecule has 0 spiro atoms. The van der Waals surface area contributed by atoms with Crippen LogP contribution in [0.1, 0.15) is 12.5 Å². The maximum Gasteiger partial charge on any atom is 0.269 e. The Morgan fingerprint density at radius 2 is 1.79 bits per heavy atom. The molecule has 9 heteroatoms. The van der Waals surface area contributed by atoms with Gasteiger partial charge < -0.3 is 9.88 Å². The number of carbonyl (C=O) groups excluding carboxylic acids is 1. The van der Waals surface area contributed by atoms with Crippen LogP contribution in [0, 0.1) is 17.0 Å². The number of nitrogens with one attached hydrogen (secondary N) is 1. The van der Waals surface area contributed by atoms with Crippen molar-refractivity contribution in [2.24, 2.45) is 7.05 Å². The minimum atomic E-state index is -0.482. The van der Waals surface area contributed by atoms with Crippen LogP contribution in [0.15, 0.2) is 53.7 Å². The van der Waals surface area contributed by atoms with Gasteiger partial charge in [0.2, 0.25) is 5.91 Å². The number of aromatic nitrogens is 3. The van der Waals surface area contributed by atoms with Crippen LogP contribution in [0.3, 0.4) is 0 Å². The van der Waals surface area contributed by atoms with Crippen LogP contribution in [0.2, 0.25) is 0 Å². The van der Waals surface area contributed by atoms with E-state index in [1.54, 1.807) is 6.92 Å². The van der Waals surface area contributed by atoms with Gasteiger partial charge in [-0.2, -0.15) is 0 Å². The van der Waals surface area contributed by atoms with E-state index in [0.717, 1.165) is 17.0 Å². The van der Waals surface area contributed by atoms with Crippen molar-refractivity contribution in [3.63, 3.8) is 0 Å². The summed E-state index contributed by atoms with van der Waals surface area (Å²) < 4.78 is 1.85. The Morgan fingerprint density at radius 3 is 2.39 bits per heavy atom. The zero-order valence-electron chi connectivity index (χ0n) is 15.6. The third kappa shape index (κ3) is 4.37. The van der Waals surface area contributed by atoms with E-state index in [0.29, 0.717) is 10.8 Å². The molecule has 0 bridgehead atoms. The molecule has 1 heterocycles. The summed E-state index contributed by atoms with van der Waals surface area (Å²) in [5.74, 6) is 0.504. The standard InChI is InChI=1S/C19H19N5O3S/c1-12-4-6-14(7-5-12)17-21-22-19(23(17)3)28-13(2)18(25)20-15-8-10-16(11-9-15)24(26)27/h4-11,13H,1-3H3,(H,20,25). The molecule has 1 aromatic heterocycles. The molecule has 0 saturated heterocycles. The van der Waals surface area contributed by atoms with Crippen LogP contribution in [-0.2, 0) is 11.8 Å². The van der Waals surface area contributed by atoms with Crippen LogP contribution in [0.4, 0.5) is 11.4 Å². The second kappa shape index (κ2) is 8.22. The number of nitro groups is 1. The lowest BCUT2D eigenvalue weighted by atomic mass is 10.1. The molecule has 0 saturated carbocycles. The Bertz CT molecular complexity index is 999. The average molecular weight is 397 g/mol. The Labute approximate surface area is 166 Å². The van der Waals surface area contributed by atoms with Gasteiger partial charge in [-0.1, -0.05) is 41.6 Å². The van der Waals surface area contributed by atoms with Crippen molar-refractivity contribution in [3.8, 4) is 11.4 Å². The summed E-state index contributed by atoms with van der Waals surface area (Å²) in [5.41, 5.74) is 2.59. The highest BCUT2D eigenvalue weighted by atomic mass is 32.2. The van der Waals surface area contributed by atoms with Gasteiger partial charge in [0.15, 0.2) is 11.0 Å². The molecule has 8 nitrogen and oxygen atoms in total. The number of benzene rings is 2. The number of amides is 1. The number of thioether (sulfide) groups is 1. The van der Waals surface area contributed by atoms with Gasteiger partial charge in [-0.3, -0.25) is 14.9 Å². The van der Waals surface area contributed by atoms with E-state index in [4.69, 9.17) is 0 Å². The molecule has 2 aromatic carbocycles. The van der Waals surface area contributed by atoms with Crippen molar-refractivity contribution in [1.29, 1.82) is 0 Å². The lowest BCUT2D eigenvalue weighted by Crippen LogP contribution is -2.22. The third-order valence-corrected chi connectivity index (χ3v) is 5.28. The molecule has 3 aromatic rings. The quantitative estimate of drug-likeness (QED) is 0.385. The van der Waals surface area contributed by atoms with Crippen LogP contribution < -0.4 is 5.32 Å². The number of non-ortho nitro benzene ring substituents is 1. The minimum Gasteiger partial charge on any atom is -0.325 e. The predicted octanol–water partition coefficient (Wildman–Crippen LogP) is 3.82. The normalized spacial score (nSPS) is 11.8. The molecule has 1 atom stereocenters. The van der Waals surface area contributed by atoms with Crippen molar-refractivity contribution in [2.75, 3.05) is 5.32 Å². The average Bonchev–Trinajstić information content (AvgIpc) is 3.03. The first kappa shape index (κ1) is 19.6. The molecule has 0 aliphatic carbocycles. The summed E-state index contributed by atoms with van der Waals surface area (Å²) in [7, 11) is 1.86. The molecule has 3 rings (SSSR count). The first-order chi connectivity index (χ1) is 13.3. The summed E-state index contributed by atoms with van der Waals surface area (Å²) >= 11 is 1.29. The Balaban J connectivity index is 1.67. The van der Waals surface area contributed by atoms with Gasteiger partial charge in [0.1, 0.15) is 0 Å². The zero-order valence-corrected chi connectivity index (χ0v) is 16.4. The van der Waals surface area contributed by atoms with E-state index in [1.165, 1.54) is 36.0 Å². The smallest absolute Gasteiger partial charge is 0.269 e. The van der Waals surface area contributed by atoms with Crippen LogP contribution in [0.25, 0.3) is 11.4 Å². The molecule has 1 unspecified atom stereocenters. The number of nitro benzene ring substituents is 1. The van der Waals surface area contributed by atoms with Crippen molar-refractivity contribution in [3.05, 3.63) is 64.2 Å². The van der Waals surface area contributed by atoms with E-state index >= 15 is 0 Å². The van der Waals surface area contributed by atoms with Gasteiger partial charge in [-0.05, 0) is 26.0 Å². The highest BCUT2D eigenvalue weighted by molar-refractivity contribution is 8.00. The largest absolute Gasteiger partial charge is 0.325 e. The summed E-state index contributed by atoms with van der Waals surface area (Å²) in [6.07, 6.45) is 0. The van der Waals surface area contributed by atoms with Gasteiger partial charge in [-0.25, -0.2) is 0 Å². The zero-order chi connectivity index (χ0) is 20.3. The summed E-state index contributed by atoms with van der Waals surface area (Å²) in [5, 5.41) is 22.1.